The Hall–Kier alpha value is -1.39. The van der Waals surface area contributed by atoms with E-state index < -0.39 is 0 Å². The first-order chi connectivity index (χ1) is 12.6. The molecule has 1 amide bonds. The van der Waals surface area contributed by atoms with Gasteiger partial charge >= 0.3 is 0 Å². The summed E-state index contributed by atoms with van der Waals surface area (Å²) in [7, 11) is 0. The summed E-state index contributed by atoms with van der Waals surface area (Å²) in [6.07, 6.45) is 6.36. The van der Waals surface area contributed by atoms with Crippen molar-refractivity contribution >= 4 is 5.91 Å². The van der Waals surface area contributed by atoms with Gasteiger partial charge in [0.15, 0.2) is 0 Å². The highest BCUT2D eigenvalue weighted by Gasteiger charge is 2.31. The number of benzene rings is 1. The lowest BCUT2D eigenvalue weighted by Gasteiger charge is -2.40. The lowest BCUT2D eigenvalue weighted by molar-refractivity contribution is -0.137. The van der Waals surface area contributed by atoms with Crippen LogP contribution in [-0.2, 0) is 4.79 Å². The summed E-state index contributed by atoms with van der Waals surface area (Å²) in [5.41, 5.74) is 7.44. The third kappa shape index (κ3) is 4.66. The summed E-state index contributed by atoms with van der Waals surface area (Å²) in [6, 6.07) is 10.5. The topological polar surface area (TPSA) is 49.6 Å². The molecular formula is C22H35N3O. The lowest BCUT2D eigenvalue weighted by Crippen LogP contribution is -2.48. The van der Waals surface area contributed by atoms with E-state index in [4.69, 9.17) is 5.73 Å². The molecule has 0 radical (unpaired) electrons. The Morgan fingerprint density at radius 2 is 1.92 bits per heavy atom. The van der Waals surface area contributed by atoms with Crippen molar-refractivity contribution in [1.82, 2.24) is 9.80 Å². The van der Waals surface area contributed by atoms with E-state index in [0.29, 0.717) is 12.0 Å². The zero-order valence-electron chi connectivity index (χ0n) is 16.4. The maximum Gasteiger partial charge on any atom is 0.227 e. The van der Waals surface area contributed by atoms with Gasteiger partial charge in [-0.1, -0.05) is 43.7 Å². The summed E-state index contributed by atoms with van der Waals surface area (Å²) in [4.78, 5) is 17.8. The van der Waals surface area contributed by atoms with Gasteiger partial charge in [0.2, 0.25) is 5.91 Å². The van der Waals surface area contributed by atoms with E-state index in [-0.39, 0.29) is 17.9 Å². The maximum atomic E-state index is 13.0. The monoisotopic (exact) mass is 357 g/mol. The number of carbonyl (C=O) groups excluding carboxylic acids is 1. The SMILES string of the molecule is CC(C(=O)N1CCCC(CN2CCCCC2C)C1)C(N)c1ccccc1. The molecule has 0 spiro atoms. The van der Waals surface area contributed by atoms with Gasteiger partial charge in [-0.15, -0.1) is 0 Å². The smallest absolute Gasteiger partial charge is 0.227 e. The summed E-state index contributed by atoms with van der Waals surface area (Å²) >= 11 is 0. The van der Waals surface area contributed by atoms with Crippen molar-refractivity contribution in [1.29, 1.82) is 0 Å². The average molecular weight is 358 g/mol. The maximum absolute atomic E-state index is 13.0. The Labute approximate surface area is 158 Å². The van der Waals surface area contributed by atoms with E-state index in [0.717, 1.165) is 31.6 Å². The van der Waals surface area contributed by atoms with Crippen LogP contribution < -0.4 is 5.73 Å². The third-order valence-electron chi connectivity index (χ3n) is 6.38. The van der Waals surface area contributed by atoms with Gasteiger partial charge in [0.1, 0.15) is 0 Å². The fraction of sp³-hybridized carbons (Fsp3) is 0.682. The first kappa shape index (κ1) is 19.4. The molecule has 0 bridgehead atoms. The van der Waals surface area contributed by atoms with E-state index in [2.05, 4.69) is 16.7 Å². The van der Waals surface area contributed by atoms with Crippen LogP contribution in [0.3, 0.4) is 0 Å². The van der Waals surface area contributed by atoms with Crippen molar-refractivity contribution in [3.63, 3.8) is 0 Å². The van der Waals surface area contributed by atoms with Gasteiger partial charge in [0.25, 0.3) is 0 Å². The molecule has 26 heavy (non-hydrogen) atoms. The van der Waals surface area contributed by atoms with Crippen molar-refractivity contribution in [2.75, 3.05) is 26.2 Å². The molecule has 4 nitrogen and oxygen atoms in total. The Bertz CT molecular complexity index is 576. The standard InChI is InChI=1S/C22H35N3O/c1-17-9-6-7-13-24(17)15-19-10-8-14-25(16-19)22(26)18(2)21(23)20-11-4-3-5-12-20/h3-5,11-12,17-19,21H,6-10,13-16,23H2,1-2H3. The predicted molar refractivity (Wildman–Crippen MR) is 107 cm³/mol. The number of hydrogen-bond donors (Lipinski definition) is 1. The quantitative estimate of drug-likeness (QED) is 0.878. The van der Waals surface area contributed by atoms with E-state index in [1.165, 1.54) is 32.2 Å². The van der Waals surface area contributed by atoms with Crippen molar-refractivity contribution in [2.24, 2.45) is 17.6 Å². The number of nitrogens with zero attached hydrogens (tertiary/aromatic N) is 2. The summed E-state index contributed by atoms with van der Waals surface area (Å²) in [6.45, 7) is 8.48. The molecule has 1 aromatic rings. The second-order valence-corrected chi connectivity index (χ2v) is 8.36. The molecule has 2 aliphatic rings. The molecule has 4 atom stereocenters. The second kappa shape index (κ2) is 9.01. The van der Waals surface area contributed by atoms with E-state index in [1.54, 1.807) is 0 Å². The van der Waals surface area contributed by atoms with Crippen LogP contribution in [0.4, 0.5) is 0 Å². The molecule has 4 heteroatoms. The first-order valence-electron chi connectivity index (χ1n) is 10.4. The van der Waals surface area contributed by atoms with Crippen LogP contribution in [0.1, 0.15) is 57.6 Å². The number of amides is 1. The van der Waals surface area contributed by atoms with Crippen LogP contribution in [-0.4, -0.2) is 47.9 Å². The molecule has 2 fully saturated rings. The highest BCUT2D eigenvalue weighted by atomic mass is 16.2. The van der Waals surface area contributed by atoms with Gasteiger partial charge in [-0.05, 0) is 50.6 Å². The van der Waals surface area contributed by atoms with E-state index >= 15 is 0 Å². The Morgan fingerprint density at radius 3 is 2.65 bits per heavy atom. The number of likely N-dealkylation sites (tertiary alicyclic amines) is 2. The zero-order chi connectivity index (χ0) is 18.5. The lowest BCUT2D eigenvalue weighted by atomic mass is 9.91. The van der Waals surface area contributed by atoms with Crippen molar-refractivity contribution in [2.45, 2.75) is 58.0 Å². The predicted octanol–water partition coefficient (Wildman–Crippen LogP) is 3.44. The van der Waals surface area contributed by atoms with E-state index in [9.17, 15) is 4.79 Å². The van der Waals surface area contributed by atoms with Gasteiger partial charge in [-0.2, -0.15) is 0 Å². The molecule has 3 rings (SSSR count). The van der Waals surface area contributed by atoms with Gasteiger partial charge in [0, 0.05) is 31.7 Å². The Kier molecular flexibility index (Phi) is 6.71. The minimum atomic E-state index is -0.230. The molecule has 2 heterocycles. The van der Waals surface area contributed by atoms with Gasteiger partial charge in [-0.25, -0.2) is 0 Å². The summed E-state index contributed by atoms with van der Waals surface area (Å²) < 4.78 is 0. The number of carbonyl (C=O) groups is 1. The van der Waals surface area contributed by atoms with Crippen molar-refractivity contribution < 1.29 is 4.79 Å². The minimum absolute atomic E-state index is 0.176. The van der Waals surface area contributed by atoms with Gasteiger partial charge in [0.05, 0.1) is 5.92 Å². The fourth-order valence-electron chi connectivity index (χ4n) is 4.58. The highest BCUT2D eigenvalue weighted by Crippen LogP contribution is 2.26. The van der Waals surface area contributed by atoms with Crippen molar-refractivity contribution in [3.05, 3.63) is 35.9 Å². The molecule has 2 saturated heterocycles. The normalized spacial score (nSPS) is 27.1. The first-order valence-corrected chi connectivity index (χ1v) is 10.4. The Balaban J connectivity index is 1.57. The van der Waals surface area contributed by atoms with Crippen LogP contribution in [0, 0.1) is 11.8 Å². The van der Waals surface area contributed by atoms with Crippen LogP contribution in [0.15, 0.2) is 30.3 Å². The van der Waals surface area contributed by atoms with Crippen molar-refractivity contribution in [3.8, 4) is 0 Å². The molecule has 144 valence electrons. The molecule has 4 unspecified atom stereocenters. The van der Waals surface area contributed by atoms with Gasteiger partial charge in [-0.3, -0.25) is 4.79 Å². The molecule has 1 aromatic carbocycles. The second-order valence-electron chi connectivity index (χ2n) is 8.36. The van der Waals surface area contributed by atoms with Gasteiger partial charge < -0.3 is 15.5 Å². The fourth-order valence-corrected chi connectivity index (χ4v) is 4.58. The number of hydrogen-bond acceptors (Lipinski definition) is 3. The number of nitrogens with two attached hydrogens (primary N) is 1. The molecule has 2 aliphatic heterocycles. The summed E-state index contributed by atoms with van der Waals surface area (Å²) in [5.74, 6) is 0.649. The molecule has 0 aliphatic carbocycles. The van der Waals surface area contributed by atoms with Crippen LogP contribution in [0.25, 0.3) is 0 Å². The van der Waals surface area contributed by atoms with Crippen LogP contribution >= 0.6 is 0 Å². The van der Waals surface area contributed by atoms with Crippen LogP contribution in [0.5, 0.6) is 0 Å². The summed E-state index contributed by atoms with van der Waals surface area (Å²) in [5, 5.41) is 0. The Morgan fingerprint density at radius 1 is 1.15 bits per heavy atom. The van der Waals surface area contributed by atoms with Crippen LogP contribution in [0.2, 0.25) is 0 Å². The molecule has 0 saturated carbocycles. The number of piperidine rings is 2. The molecule has 0 aromatic heterocycles. The van der Waals surface area contributed by atoms with E-state index in [1.807, 2.05) is 37.3 Å². The number of rotatable bonds is 5. The minimum Gasteiger partial charge on any atom is -0.342 e. The highest BCUT2D eigenvalue weighted by molar-refractivity contribution is 5.79. The third-order valence-corrected chi connectivity index (χ3v) is 6.38. The largest absolute Gasteiger partial charge is 0.342 e. The zero-order valence-corrected chi connectivity index (χ0v) is 16.4. The molecule has 2 N–H and O–H groups in total. The molecular weight excluding hydrogens is 322 g/mol. The average Bonchev–Trinajstić information content (AvgIpc) is 2.69.